The topological polar surface area (TPSA) is 82.2 Å². The van der Waals surface area contributed by atoms with Crippen LogP contribution in [-0.4, -0.2) is 81.5 Å². The number of alkyl halides is 3. The highest BCUT2D eigenvalue weighted by atomic mass is 32.1. The van der Waals surface area contributed by atoms with Crippen LogP contribution in [0.1, 0.15) is 31.2 Å². The van der Waals surface area contributed by atoms with Gasteiger partial charge in [-0.1, -0.05) is 6.07 Å². The molecule has 3 rings (SSSR count). The lowest BCUT2D eigenvalue weighted by atomic mass is 10.1. The maximum Gasteiger partial charge on any atom is 0.416 e. The third-order valence-electron chi connectivity index (χ3n) is 5.67. The molecule has 0 aliphatic carbocycles. The standard InChI is InChI=1S/C23H27F3N4O4S/c1-14-18(22(33)34-4)20(35-19(14)21(32)28(2)3)27-17(31)13-29-8-10-30(11-9-29)16-7-5-6-15(12-16)23(24,25)26/h5-7,12H,8-11,13H2,1-4H3,(H,27,31). The second-order valence-corrected chi connectivity index (χ2v) is 9.33. The normalized spacial score (nSPS) is 14.5. The fourth-order valence-electron chi connectivity index (χ4n) is 3.77. The van der Waals surface area contributed by atoms with Crippen molar-refractivity contribution in [1.29, 1.82) is 0 Å². The quantitative estimate of drug-likeness (QED) is 0.598. The Kier molecular flexibility index (Phi) is 8.06. The molecule has 1 aliphatic rings. The number of nitrogens with zero attached hydrogens (tertiary/aromatic N) is 3. The van der Waals surface area contributed by atoms with Gasteiger partial charge in [-0.3, -0.25) is 14.5 Å². The molecule has 0 saturated carbocycles. The summed E-state index contributed by atoms with van der Waals surface area (Å²) in [6, 6.07) is 5.19. The maximum atomic E-state index is 13.0. The summed E-state index contributed by atoms with van der Waals surface area (Å²) in [7, 11) is 4.41. The third kappa shape index (κ3) is 6.12. The Hall–Kier alpha value is -3.12. The van der Waals surface area contributed by atoms with Gasteiger partial charge in [0, 0.05) is 46.0 Å². The number of nitrogens with one attached hydrogen (secondary N) is 1. The number of anilines is 2. The molecule has 35 heavy (non-hydrogen) atoms. The monoisotopic (exact) mass is 512 g/mol. The number of amides is 2. The number of benzene rings is 1. The predicted molar refractivity (Wildman–Crippen MR) is 127 cm³/mol. The number of ether oxygens (including phenoxy) is 1. The van der Waals surface area contributed by atoms with Gasteiger partial charge in [0.1, 0.15) is 5.00 Å². The summed E-state index contributed by atoms with van der Waals surface area (Å²) in [5.41, 5.74) is 0.367. The molecule has 1 aromatic carbocycles. The second kappa shape index (κ2) is 10.6. The highest BCUT2D eigenvalue weighted by molar-refractivity contribution is 7.18. The Bertz CT molecular complexity index is 1110. The van der Waals surface area contributed by atoms with Gasteiger partial charge in [0.2, 0.25) is 5.91 Å². The zero-order valence-corrected chi connectivity index (χ0v) is 20.7. The van der Waals surface area contributed by atoms with Crippen molar-refractivity contribution < 1.29 is 32.3 Å². The molecule has 0 radical (unpaired) electrons. The largest absolute Gasteiger partial charge is 0.465 e. The zero-order valence-electron chi connectivity index (χ0n) is 19.9. The summed E-state index contributed by atoms with van der Waals surface area (Å²) in [6.45, 7) is 3.53. The summed E-state index contributed by atoms with van der Waals surface area (Å²) >= 11 is 1.01. The first kappa shape index (κ1) is 26.5. The third-order valence-corrected chi connectivity index (χ3v) is 6.86. The van der Waals surface area contributed by atoms with E-state index < -0.39 is 17.7 Å². The van der Waals surface area contributed by atoms with Crippen LogP contribution in [0.25, 0.3) is 0 Å². The van der Waals surface area contributed by atoms with Gasteiger partial charge < -0.3 is 19.9 Å². The van der Waals surface area contributed by atoms with Crippen molar-refractivity contribution in [3.8, 4) is 0 Å². The molecule has 8 nitrogen and oxygen atoms in total. The van der Waals surface area contributed by atoms with Crippen LogP contribution in [0.3, 0.4) is 0 Å². The molecule has 0 bridgehead atoms. The summed E-state index contributed by atoms with van der Waals surface area (Å²) in [5.74, 6) is -1.31. The number of carbonyl (C=O) groups excluding carboxylic acids is 3. The van der Waals surface area contributed by atoms with Crippen LogP contribution in [0.5, 0.6) is 0 Å². The summed E-state index contributed by atoms with van der Waals surface area (Å²) in [4.78, 5) is 43.0. The Morgan fingerprint density at radius 1 is 1.14 bits per heavy atom. The number of hydrogen-bond acceptors (Lipinski definition) is 7. The van der Waals surface area contributed by atoms with Gasteiger partial charge in [-0.25, -0.2) is 4.79 Å². The minimum Gasteiger partial charge on any atom is -0.465 e. The molecular weight excluding hydrogens is 485 g/mol. The van der Waals surface area contributed by atoms with Gasteiger partial charge in [0.05, 0.1) is 29.7 Å². The molecule has 0 atom stereocenters. The fraction of sp³-hybridized carbons (Fsp3) is 0.435. The molecule has 1 fully saturated rings. The number of piperazine rings is 1. The van der Waals surface area contributed by atoms with E-state index in [0.29, 0.717) is 42.3 Å². The van der Waals surface area contributed by atoms with Crippen molar-refractivity contribution in [1.82, 2.24) is 9.80 Å². The summed E-state index contributed by atoms with van der Waals surface area (Å²) in [5, 5.41) is 2.97. The Labute approximate surface area is 205 Å². The molecule has 0 spiro atoms. The van der Waals surface area contributed by atoms with Crippen molar-refractivity contribution in [2.45, 2.75) is 13.1 Å². The van der Waals surface area contributed by atoms with E-state index in [4.69, 9.17) is 4.74 Å². The van der Waals surface area contributed by atoms with Crippen LogP contribution in [0.4, 0.5) is 23.9 Å². The molecule has 2 heterocycles. The lowest BCUT2D eigenvalue weighted by Gasteiger charge is -2.35. The number of carbonyl (C=O) groups is 3. The van der Waals surface area contributed by atoms with Crippen LogP contribution in [0, 0.1) is 6.92 Å². The molecule has 1 saturated heterocycles. The summed E-state index contributed by atoms with van der Waals surface area (Å²) < 4.78 is 43.9. The van der Waals surface area contributed by atoms with E-state index in [0.717, 1.165) is 23.5 Å². The van der Waals surface area contributed by atoms with E-state index >= 15 is 0 Å². The molecule has 190 valence electrons. The van der Waals surface area contributed by atoms with Crippen molar-refractivity contribution >= 4 is 39.8 Å². The first-order chi connectivity index (χ1) is 16.4. The smallest absolute Gasteiger partial charge is 0.416 e. The Morgan fingerprint density at radius 2 is 1.80 bits per heavy atom. The van der Waals surface area contributed by atoms with Crippen molar-refractivity contribution in [3.63, 3.8) is 0 Å². The number of hydrogen-bond donors (Lipinski definition) is 1. The number of rotatable bonds is 6. The average molecular weight is 513 g/mol. The van der Waals surface area contributed by atoms with E-state index in [1.54, 1.807) is 27.1 Å². The Morgan fingerprint density at radius 3 is 2.37 bits per heavy atom. The van der Waals surface area contributed by atoms with E-state index in [2.05, 4.69) is 5.32 Å². The SMILES string of the molecule is COC(=O)c1c(NC(=O)CN2CCN(c3cccc(C(F)(F)F)c3)CC2)sc(C(=O)N(C)C)c1C. The predicted octanol–water partition coefficient (Wildman–Crippen LogP) is 3.32. The number of methoxy groups -OCH3 is 1. The zero-order chi connectivity index (χ0) is 25.9. The van der Waals surface area contributed by atoms with Crippen molar-refractivity contribution in [2.75, 3.05) is 64.1 Å². The minimum atomic E-state index is -4.41. The van der Waals surface area contributed by atoms with Crippen molar-refractivity contribution in [3.05, 3.63) is 45.8 Å². The van der Waals surface area contributed by atoms with Gasteiger partial charge in [-0.05, 0) is 30.7 Å². The second-order valence-electron chi connectivity index (χ2n) is 8.31. The van der Waals surface area contributed by atoms with Gasteiger partial charge in [0.25, 0.3) is 5.91 Å². The lowest BCUT2D eigenvalue weighted by Crippen LogP contribution is -2.48. The van der Waals surface area contributed by atoms with Crippen LogP contribution in [0.2, 0.25) is 0 Å². The molecule has 1 aromatic heterocycles. The highest BCUT2D eigenvalue weighted by Gasteiger charge is 2.31. The molecule has 12 heteroatoms. The van der Waals surface area contributed by atoms with Gasteiger partial charge in [-0.15, -0.1) is 11.3 Å². The van der Waals surface area contributed by atoms with Crippen LogP contribution >= 0.6 is 11.3 Å². The van der Waals surface area contributed by atoms with Gasteiger partial charge in [-0.2, -0.15) is 13.2 Å². The number of halogens is 3. The molecular formula is C23H27F3N4O4S. The Balaban J connectivity index is 1.65. The minimum absolute atomic E-state index is 0.0327. The maximum absolute atomic E-state index is 13.0. The number of thiophene rings is 1. The molecule has 1 N–H and O–H groups in total. The van der Waals surface area contributed by atoms with Gasteiger partial charge in [0.15, 0.2) is 0 Å². The van der Waals surface area contributed by atoms with Crippen molar-refractivity contribution in [2.24, 2.45) is 0 Å². The highest BCUT2D eigenvalue weighted by Crippen LogP contribution is 2.34. The first-order valence-corrected chi connectivity index (χ1v) is 11.6. The first-order valence-electron chi connectivity index (χ1n) is 10.8. The lowest BCUT2D eigenvalue weighted by molar-refractivity contribution is -0.137. The number of esters is 1. The van der Waals surface area contributed by atoms with E-state index in [9.17, 15) is 27.6 Å². The molecule has 0 unspecified atom stereocenters. The average Bonchev–Trinajstić information content (AvgIpc) is 3.13. The van der Waals surface area contributed by atoms with Crippen LogP contribution in [-0.2, 0) is 15.7 Å². The van der Waals surface area contributed by atoms with E-state index in [1.807, 2.05) is 9.80 Å². The van der Waals surface area contributed by atoms with E-state index in [1.165, 1.54) is 18.1 Å². The summed E-state index contributed by atoms with van der Waals surface area (Å²) in [6.07, 6.45) is -4.41. The van der Waals surface area contributed by atoms with Gasteiger partial charge >= 0.3 is 12.1 Å². The van der Waals surface area contributed by atoms with Crippen LogP contribution < -0.4 is 10.2 Å². The van der Waals surface area contributed by atoms with Crippen LogP contribution in [0.15, 0.2) is 24.3 Å². The molecule has 1 aliphatic heterocycles. The fourth-order valence-corrected chi connectivity index (χ4v) is 5.00. The van der Waals surface area contributed by atoms with E-state index in [-0.39, 0.29) is 28.9 Å². The molecule has 2 amide bonds. The molecule has 2 aromatic rings.